The Morgan fingerprint density at radius 1 is 0.451 bits per heavy atom. The van der Waals surface area contributed by atoms with Crippen LogP contribution >= 0.6 is 11.3 Å². The van der Waals surface area contributed by atoms with Crippen molar-refractivity contribution in [1.29, 1.82) is 0 Å². The first-order valence-corrected chi connectivity index (χ1v) is 21.5. The van der Waals surface area contributed by atoms with E-state index >= 15 is 0 Å². The standard InChI is InChI=1S/C48H35NSSi/c1-51(2)45-29-28-44-47(40-22-9-11-25-43(40)50-44)48(45)41-27-26-36(31-46(41)51)49(35-19-12-18-34(30-35)32-14-4-3-5-15-32)42-24-10-8-21-39(42)38-23-13-17-33-16-6-7-20-37(33)38/h3-31H,1-2H3. The van der Waals surface area contributed by atoms with Crippen LogP contribution in [0.2, 0.25) is 13.1 Å². The van der Waals surface area contributed by atoms with Crippen molar-refractivity contribution >= 4 is 77.8 Å². The molecule has 0 unspecified atom stereocenters. The van der Waals surface area contributed by atoms with Crippen molar-refractivity contribution < 1.29 is 0 Å². The average molecular weight is 686 g/mol. The largest absolute Gasteiger partial charge is 0.310 e. The molecule has 0 atom stereocenters. The van der Waals surface area contributed by atoms with E-state index in [4.69, 9.17) is 0 Å². The summed E-state index contributed by atoms with van der Waals surface area (Å²) >= 11 is 1.91. The van der Waals surface area contributed by atoms with Crippen molar-refractivity contribution in [3.63, 3.8) is 0 Å². The Bertz CT molecular complexity index is 2790. The van der Waals surface area contributed by atoms with E-state index < -0.39 is 8.07 Å². The van der Waals surface area contributed by atoms with Crippen LogP contribution in [0.3, 0.4) is 0 Å². The number of thiophene rings is 1. The highest BCUT2D eigenvalue weighted by atomic mass is 32.1. The molecule has 0 bridgehead atoms. The lowest BCUT2D eigenvalue weighted by molar-refractivity contribution is 1.29. The molecule has 1 aromatic heterocycles. The maximum atomic E-state index is 2.53. The van der Waals surface area contributed by atoms with Gasteiger partial charge in [-0.2, -0.15) is 0 Å². The zero-order valence-corrected chi connectivity index (χ0v) is 30.4. The zero-order chi connectivity index (χ0) is 34.1. The number of rotatable bonds is 5. The van der Waals surface area contributed by atoms with Gasteiger partial charge >= 0.3 is 0 Å². The normalized spacial score (nSPS) is 13.1. The highest BCUT2D eigenvalue weighted by Crippen LogP contribution is 2.46. The molecule has 0 spiro atoms. The van der Waals surface area contributed by atoms with Crippen LogP contribution in [-0.2, 0) is 0 Å². The Morgan fingerprint density at radius 3 is 2.04 bits per heavy atom. The van der Waals surface area contributed by atoms with Crippen LogP contribution in [-0.4, -0.2) is 8.07 Å². The van der Waals surface area contributed by atoms with E-state index in [0.717, 1.165) is 5.69 Å². The molecule has 242 valence electrons. The molecule has 51 heavy (non-hydrogen) atoms. The van der Waals surface area contributed by atoms with Crippen molar-refractivity contribution in [2.45, 2.75) is 13.1 Å². The van der Waals surface area contributed by atoms with E-state index in [2.05, 4.69) is 194 Å². The predicted octanol–water partition coefficient (Wildman–Crippen LogP) is 12.8. The lowest BCUT2D eigenvalue weighted by Crippen LogP contribution is -2.49. The summed E-state index contributed by atoms with van der Waals surface area (Å²) in [5.74, 6) is 0. The first-order valence-electron chi connectivity index (χ1n) is 17.7. The summed E-state index contributed by atoms with van der Waals surface area (Å²) in [7, 11) is -2.04. The van der Waals surface area contributed by atoms with Crippen molar-refractivity contribution in [2.75, 3.05) is 4.90 Å². The maximum Gasteiger partial charge on any atom is 0.113 e. The number of hydrogen-bond acceptors (Lipinski definition) is 2. The minimum absolute atomic E-state index is 1.14. The molecular formula is C48H35NSSi. The van der Waals surface area contributed by atoms with Crippen molar-refractivity contribution in [2.24, 2.45) is 0 Å². The van der Waals surface area contributed by atoms with Gasteiger partial charge in [0.15, 0.2) is 0 Å². The lowest BCUT2D eigenvalue weighted by atomic mass is 9.95. The second kappa shape index (κ2) is 11.7. The number of fused-ring (bicyclic) bond motifs is 8. The molecule has 0 fully saturated rings. The maximum absolute atomic E-state index is 2.53. The van der Waals surface area contributed by atoms with Crippen molar-refractivity contribution in [3.05, 3.63) is 176 Å². The molecule has 10 rings (SSSR count). The Kier molecular flexibility index (Phi) is 6.89. The second-order valence-corrected chi connectivity index (χ2v) is 19.5. The SMILES string of the molecule is C[Si]1(C)c2cc(N(c3cccc(-c4ccccc4)c3)c3ccccc3-c3cccc4ccccc34)ccc2-c2c1ccc1sc3ccccc3c21. The molecule has 2 heterocycles. The lowest BCUT2D eigenvalue weighted by Gasteiger charge is -2.30. The van der Waals surface area contributed by atoms with Gasteiger partial charge in [0.25, 0.3) is 0 Å². The third-order valence-electron chi connectivity index (χ3n) is 10.9. The summed E-state index contributed by atoms with van der Waals surface area (Å²) in [6.45, 7) is 5.07. The summed E-state index contributed by atoms with van der Waals surface area (Å²) < 4.78 is 2.74. The number of benzene rings is 8. The monoisotopic (exact) mass is 685 g/mol. The minimum Gasteiger partial charge on any atom is -0.310 e. The van der Waals surface area contributed by atoms with Crippen LogP contribution in [0.25, 0.3) is 64.3 Å². The molecule has 0 saturated carbocycles. The summed E-state index contributed by atoms with van der Waals surface area (Å²) in [6.07, 6.45) is 0. The van der Waals surface area contributed by atoms with E-state index in [-0.39, 0.29) is 0 Å². The van der Waals surface area contributed by atoms with Gasteiger partial charge in [-0.15, -0.1) is 11.3 Å². The number of para-hydroxylation sites is 1. The third kappa shape index (κ3) is 4.73. The molecule has 0 amide bonds. The second-order valence-electron chi connectivity index (χ2n) is 14.1. The Morgan fingerprint density at radius 2 is 1.14 bits per heavy atom. The van der Waals surface area contributed by atoms with Crippen LogP contribution in [0.5, 0.6) is 0 Å². The molecule has 1 aliphatic heterocycles. The molecule has 0 aliphatic carbocycles. The van der Waals surface area contributed by atoms with E-state index in [1.165, 1.54) is 80.9 Å². The molecule has 8 aromatic carbocycles. The molecule has 9 aromatic rings. The van der Waals surface area contributed by atoms with Crippen LogP contribution in [0.1, 0.15) is 0 Å². The Labute approximate surface area is 303 Å². The number of nitrogens with zero attached hydrogens (tertiary/aromatic N) is 1. The third-order valence-corrected chi connectivity index (χ3v) is 15.5. The molecule has 0 N–H and O–H groups in total. The highest BCUT2D eigenvalue weighted by molar-refractivity contribution is 7.26. The molecule has 3 heteroatoms. The van der Waals surface area contributed by atoms with E-state index in [1.54, 1.807) is 5.19 Å². The number of anilines is 3. The van der Waals surface area contributed by atoms with Crippen LogP contribution in [0, 0.1) is 0 Å². The fourth-order valence-electron chi connectivity index (χ4n) is 8.41. The van der Waals surface area contributed by atoms with Gasteiger partial charge < -0.3 is 4.90 Å². The van der Waals surface area contributed by atoms with Crippen LogP contribution in [0.15, 0.2) is 176 Å². The fraction of sp³-hybridized carbons (Fsp3) is 0.0417. The molecule has 0 radical (unpaired) electrons. The Hall–Kier alpha value is -5.74. The van der Waals surface area contributed by atoms with Gasteiger partial charge in [0.1, 0.15) is 8.07 Å². The molecule has 1 aliphatic rings. The van der Waals surface area contributed by atoms with Gasteiger partial charge in [0, 0.05) is 37.1 Å². The smallest absolute Gasteiger partial charge is 0.113 e. The summed E-state index contributed by atoms with van der Waals surface area (Å²) in [6, 6.07) is 65.1. The first-order chi connectivity index (χ1) is 25.1. The van der Waals surface area contributed by atoms with E-state index in [9.17, 15) is 0 Å². The Balaban J connectivity index is 1.22. The predicted molar refractivity (Wildman–Crippen MR) is 225 cm³/mol. The topological polar surface area (TPSA) is 3.24 Å². The summed E-state index contributed by atoms with van der Waals surface area (Å²) in [4.78, 5) is 2.49. The number of hydrogen-bond donors (Lipinski definition) is 0. The quantitative estimate of drug-likeness (QED) is 0.163. The van der Waals surface area contributed by atoms with E-state index in [1.807, 2.05) is 11.3 Å². The zero-order valence-electron chi connectivity index (χ0n) is 28.6. The van der Waals surface area contributed by atoms with Crippen molar-refractivity contribution in [1.82, 2.24) is 0 Å². The van der Waals surface area contributed by atoms with Gasteiger partial charge in [0.2, 0.25) is 0 Å². The van der Waals surface area contributed by atoms with Gasteiger partial charge in [-0.25, -0.2) is 0 Å². The van der Waals surface area contributed by atoms with Gasteiger partial charge in [0.05, 0.1) is 5.69 Å². The highest BCUT2D eigenvalue weighted by Gasteiger charge is 2.39. The summed E-state index contributed by atoms with van der Waals surface area (Å²) in [5.41, 5.74) is 11.2. The molecule has 0 saturated heterocycles. The fourth-order valence-corrected chi connectivity index (χ4v) is 12.6. The van der Waals surface area contributed by atoms with Crippen molar-refractivity contribution in [3.8, 4) is 33.4 Å². The van der Waals surface area contributed by atoms with Gasteiger partial charge in [-0.05, 0) is 91.4 Å². The average Bonchev–Trinajstić information content (AvgIpc) is 3.67. The molecule has 1 nitrogen and oxygen atoms in total. The summed E-state index contributed by atoms with van der Waals surface area (Å²) in [5, 5.41) is 8.35. The molecular weight excluding hydrogens is 651 g/mol. The van der Waals surface area contributed by atoms with Crippen LogP contribution in [0.4, 0.5) is 17.1 Å². The van der Waals surface area contributed by atoms with Gasteiger partial charge in [-0.3, -0.25) is 0 Å². The van der Waals surface area contributed by atoms with Crippen LogP contribution < -0.4 is 15.3 Å². The van der Waals surface area contributed by atoms with E-state index in [0.29, 0.717) is 0 Å². The first kappa shape index (κ1) is 30.1. The minimum atomic E-state index is -2.04. The van der Waals surface area contributed by atoms with Gasteiger partial charge in [-0.1, -0.05) is 147 Å².